The van der Waals surface area contributed by atoms with E-state index in [0.29, 0.717) is 5.96 Å². The van der Waals surface area contributed by atoms with Gasteiger partial charge in [0.15, 0.2) is 0 Å². The molecule has 0 spiro atoms. The highest BCUT2D eigenvalue weighted by Gasteiger charge is 2.02. The molecule has 5 heteroatoms. The molecule has 5 nitrogen and oxygen atoms in total. The van der Waals surface area contributed by atoms with Gasteiger partial charge >= 0.3 is 0 Å². The first-order chi connectivity index (χ1) is 4.97. The maximum Gasteiger partial charge on any atom is 0.271 e. The predicted molar refractivity (Wildman–Crippen MR) is 35.7 cm³/mol. The fraction of sp³-hybridized carbons (Fsp3) is 0. The zero-order chi connectivity index (χ0) is 6.81. The molecule has 1 aromatic heterocycles. The third-order valence-electron chi connectivity index (χ3n) is 1.08. The average molecular weight is 134 g/mol. The van der Waals surface area contributed by atoms with E-state index in [2.05, 4.69) is 20.6 Å². The van der Waals surface area contributed by atoms with Gasteiger partial charge in [0.25, 0.3) is 5.96 Å². The van der Waals surface area contributed by atoms with E-state index in [1.807, 2.05) is 0 Å². The van der Waals surface area contributed by atoms with E-state index in [-0.39, 0.29) is 0 Å². The molecule has 0 bridgehead atoms. The number of hydrogen-bond acceptors (Lipinski definition) is 3. The molecule has 0 atom stereocenters. The van der Waals surface area contributed by atoms with Gasteiger partial charge in [-0.1, -0.05) is 0 Å². The Hall–Kier alpha value is -1.65. The lowest BCUT2D eigenvalue weighted by Crippen LogP contribution is -2.06. The first-order valence-electron chi connectivity index (χ1n) is 2.77. The third kappa shape index (κ3) is 0.680. The van der Waals surface area contributed by atoms with Crippen LogP contribution in [0.1, 0.15) is 0 Å². The molecule has 2 rings (SSSR count). The summed E-state index contributed by atoms with van der Waals surface area (Å²) in [5.41, 5.74) is 3.56. The summed E-state index contributed by atoms with van der Waals surface area (Å²) in [6.45, 7) is 0. The lowest BCUT2D eigenvalue weighted by molar-refractivity contribution is 0.905. The number of nitrogens with zero attached hydrogens (tertiary/aromatic N) is 5. The molecule has 1 aliphatic heterocycles. The molecule has 0 fully saturated rings. The minimum absolute atomic E-state index is 0.505. The third-order valence-corrected chi connectivity index (χ3v) is 1.08. The first-order valence-corrected chi connectivity index (χ1v) is 2.77. The Balaban J connectivity index is 2.36. The van der Waals surface area contributed by atoms with E-state index in [0.717, 1.165) is 0 Å². The van der Waals surface area contributed by atoms with Crippen molar-refractivity contribution >= 4 is 12.3 Å². The molecule has 10 heavy (non-hydrogen) atoms. The molecular formula is C5H4N5. The van der Waals surface area contributed by atoms with Crippen molar-refractivity contribution in [3.8, 4) is 0 Å². The van der Waals surface area contributed by atoms with Gasteiger partial charge in [-0.25, -0.2) is 4.68 Å². The Kier molecular flexibility index (Phi) is 1.00. The molecule has 0 aliphatic carbocycles. The largest absolute Gasteiger partial charge is 0.271 e. The van der Waals surface area contributed by atoms with Gasteiger partial charge in [0.1, 0.15) is 6.34 Å². The lowest BCUT2D eigenvalue weighted by Gasteiger charge is -1.90. The summed E-state index contributed by atoms with van der Waals surface area (Å²) in [5, 5.41) is 7.61. The molecule has 1 aromatic rings. The second-order valence-corrected chi connectivity index (χ2v) is 1.71. The molecule has 0 saturated carbocycles. The van der Waals surface area contributed by atoms with Crippen molar-refractivity contribution < 1.29 is 0 Å². The highest BCUT2D eigenvalue weighted by molar-refractivity contribution is 5.91. The van der Waals surface area contributed by atoms with E-state index in [4.69, 9.17) is 0 Å². The molecule has 49 valence electrons. The van der Waals surface area contributed by atoms with Crippen LogP contribution in [0.15, 0.2) is 28.6 Å². The van der Waals surface area contributed by atoms with Crippen LogP contribution in [0.25, 0.3) is 0 Å². The summed E-state index contributed by atoms with van der Waals surface area (Å²) in [6, 6.07) is 1.80. The van der Waals surface area contributed by atoms with Crippen LogP contribution >= 0.6 is 0 Å². The summed E-state index contributed by atoms with van der Waals surface area (Å²) in [6.07, 6.45) is 4.81. The quantitative estimate of drug-likeness (QED) is 0.478. The molecule has 0 saturated heterocycles. The van der Waals surface area contributed by atoms with Crippen LogP contribution in [-0.4, -0.2) is 22.1 Å². The Morgan fingerprint density at radius 2 is 2.40 bits per heavy atom. The topological polar surface area (TPSA) is 56.6 Å². The average Bonchev–Trinajstić information content (AvgIpc) is 2.59. The number of aliphatic imine (C=N–C) groups is 1. The van der Waals surface area contributed by atoms with Crippen LogP contribution < -0.4 is 5.43 Å². The van der Waals surface area contributed by atoms with E-state index in [1.54, 1.807) is 23.1 Å². The molecule has 0 N–H and O–H groups in total. The standard InChI is InChI=1S/C5H4N5/c1-2-8-10(3-1)5-6-4-7-9-5/h1-4H. The molecule has 0 aromatic carbocycles. The van der Waals surface area contributed by atoms with Crippen LogP contribution in [0.5, 0.6) is 0 Å². The minimum atomic E-state index is 0.505. The maximum atomic E-state index is 3.91. The highest BCUT2D eigenvalue weighted by Crippen LogP contribution is 1.90. The molecule has 2 heterocycles. The maximum absolute atomic E-state index is 3.91. The summed E-state index contributed by atoms with van der Waals surface area (Å²) in [5.74, 6) is 0.505. The number of aromatic nitrogens is 2. The van der Waals surface area contributed by atoms with Gasteiger partial charge in [-0.05, 0) is 6.07 Å². The van der Waals surface area contributed by atoms with E-state index < -0.39 is 0 Å². The molecule has 0 unspecified atom stereocenters. The number of rotatable bonds is 0. The van der Waals surface area contributed by atoms with Crippen LogP contribution in [0.2, 0.25) is 0 Å². The van der Waals surface area contributed by atoms with E-state index in [1.165, 1.54) is 6.34 Å². The monoisotopic (exact) mass is 134 g/mol. The van der Waals surface area contributed by atoms with E-state index in [9.17, 15) is 0 Å². The summed E-state index contributed by atoms with van der Waals surface area (Å²) in [7, 11) is 0. The van der Waals surface area contributed by atoms with Crippen molar-refractivity contribution in [3.05, 3.63) is 18.5 Å². The second kappa shape index (κ2) is 1.94. The molecule has 1 aliphatic rings. The van der Waals surface area contributed by atoms with Gasteiger partial charge in [0.05, 0.1) is 0 Å². The van der Waals surface area contributed by atoms with Crippen molar-refractivity contribution in [1.29, 1.82) is 0 Å². The summed E-state index contributed by atoms with van der Waals surface area (Å²) >= 11 is 0. The van der Waals surface area contributed by atoms with Crippen molar-refractivity contribution in [1.82, 2.24) is 15.2 Å². The molecule has 1 radical (unpaired) electrons. The first kappa shape index (κ1) is 5.16. The second-order valence-electron chi connectivity index (χ2n) is 1.71. The Labute approximate surface area is 57.1 Å². The van der Waals surface area contributed by atoms with Crippen LogP contribution in [0.4, 0.5) is 0 Å². The van der Waals surface area contributed by atoms with Gasteiger partial charge < -0.3 is 0 Å². The van der Waals surface area contributed by atoms with Crippen molar-refractivity contribution in [2.75, 3.05) is 0 Å². The SMILES string of the molecule is C1=NC(n2cccn2)=N[N]1. The van der Waals surface area contributed by atoms with Crippen molar-refractivity contribution in [2.24, 2.45) is 10.1 Å². The van der Waals surface area contributed by atoms with Crippen LogP contribution in [-0.2, 0) is 0 Å². The van der Waals surface area contributed by atoms with Gasteiger partial charge in [0, 0.05) is 12.4 Å². The summed E-state index contributed by atoms with van der Waals surface area (Å²) < 4.78 is 1.55. The van der Waals surface area contributed by atoms with Crippen LogP contribution in [0, 0.1) is 0 Å². The van der Waals surface area contributed by atoms with E-state index >= 15 is 0 Å². The zero-order valence-corrected chi connectivity index (χ0v) is 5.05. The fourth-order valence-corrected chi connectivity index (χ4v) is 0.673. The van der Waals surface area contributed by atoms with Gasteiger partial charge in [-0.2, -0.15) is 10.1 Å². The Morgan fingerprint density at radius 1 is 1.40 bits per heavy atom. The Bertz CT molecular complexity index is 270. The smallest absolute Gasteiger partial charge is 0.205 e. The summed E-state index contributed by atoms with van der Waals surface area (Å²) in [4.78, 5) is 3.84. The lowest BCUT2D eigenvalue weighted by atomic mass is 10.7. The van der Waals surface area contributed by atoms with Gasteiger partial charge in [-0.3, -0.25) is 0 Å². The molecule has 0 amide bonds. The normalized spacial score (nSPS) is 15.0. The Morgan fingerprint density at radius 3 is 3.00 bits per heavy atom. The highest BCUT2D eigenvalue weighted by atomic mass is 15.5. The van der Waals surface area contributed by atoms with Crippen LogP contribution in [0.3, 0.4) is 0 Å². The predicted octanol–water partition coefficient (Wildman–Crippen LogP) is -0.352. The minimum Gasteiger partial charge on any atom is -0.205 e. The van der Waals surface area contributed by atoms with Crippen molar-refractivity contribution in [2.45, 2.75) is 0 Å². The van der Waals surface area contributed by atoms with Crippen molar-refractivity contribution in [3.63, 3.8) is 0 Å². The van der Waals surface area contributed by atoms with Gasteiger partial charge in [-0.15, -0.1) is 10.5 Å². The number of hydrogen-bond donors (Lipinski definition) is 0. The van der Waals surface area contributed by atoms with Gasteiger partial charge in [0.2, 0.25) is 0 Å². The zero-order valence-electron chi connectivity index (χ0n) is 5.05. The fourth-order valence-electron chi connectivity index (χ4n) is 0.673. The molecular weight excluding hydrogens is 130 g/mol.